The first-order valence-electron chi connectivity index (χ1n) is 10.4. The number of benzene rings is 2. The SMILES string of the molecule is CCS(=O)(=O)N(Cc1cccnc1)c1ccc(C)c(Oc2ccc(C(C)(C)C)cc2)c1. The summed E-state index contributed by atoms with van der Waals surface area (Å²) in [5, 5.41) is 0. The molecule has 5 nitrogen and oxygen atoms in total. The maximum atomic E-state index is 12.9. The van der Waals surface area contributed by atoms with E-state index in [0.717, 1.165) is 11.1 Å². The maximum absolute atomic E-state index is 12.9. The van der Waals surface area contributed by atoms with Gasteiger partial charge in [-0.2, -0.15) is 0 Å². The van der Waals surface area contributed by atoms with E-state index in [9.17, 15) is 8.42 Å². The van der Waals surface area contributed by atoms with Crippen LogP contribution in [0.4, 0.5) is 5.69 Å². The molecule has 2 aromatic carbocycles. The quantitative estimate of drug-likeness (QED) is 0.465. The lowest BCUT2D eigenvalue weighted by Crippen LogP contribution is -2.31. The van der Waals surface area contributed by atoms with Gasteiger partial charge in [0.15, 0.2) is 0 Å². The number of rotatable bonds is 7. The Labute approximate surface area is 185 Å². The predicted molar refractivity (Wildman–Crippen MR) is 126 cm³/mol. The maximum Gasteiger partial charge on any atom is 0.235 e. The van der Waals surface area contributed by atoms with Crippen LogP contribution in [0.25, 0.3) is 0 Å². The molecule has 0 bridgehead atoms. The van der Waals surface area contributed by atoms with Crippen molar-refractivity contribution >= 4 is 15.7 Å². The van der Waals surface area contributed by atoms with Gasteiger partial charge in [0.1, 0.15) is 11.5 Å². The van der Waals surface area contributed by atoms with E-state index in [2.05, 4.69) is 37.9 Å². The molecule has 1 aromatic heterocycles. The van der Waals surface area contributed by atoms with Crippen LogP contribution in [0.15, 0.2) is 67.0 Å². The summed E-state index contributed by atoms with van der Waals surface area (Å²) < 4.78 is 33.3. The van der Waals surface area contributed by atoms with Crippen LogP contribution in [0.3, 0.4) is 0 Å². The zero-order valence-corrected chi connectivity index (χ0v) is 19.6. The Bertz CT molecular complexity index is 1120. The van der Waals surface area contributed by atoms with Crippen molar-refractivity contribution in [2.75, 3.05) is 10.1 Å². The van der Waals surface area contributed by atoms with Gasteiger partial charge >= 0.3 is 0 Å². The van der Waals surface area contributed by atoms with Gasteiger partial charge < -0.3 is 4.74 Å². The Hall–Kier alpha value is -2.86. The Balaban J connectivity index is 1.93. The van der Waals surface area contributed by atoms with Gasteiger partial charge in [-0.05, 0) is 60.2 Å². The van der Waals surface area contributed by atoms with Gasteiger partial charge in [0.2, 0.25) is 10.0 Å². The van der Waals surface area contributed by atoms with E-state index in [1.807, 2.05) is 37.3 Å². The highest BCUT2D eigenvalue weighted by molar-refractivity contribution is 7.92. The summed E-state index contributed by atoms with van der Waals surface area (Å²) in [4.78, 5) is 4.10. The first-order chi connectivity index (χ1) is 14.6. The molecular weight excluding hydrogens is 408 g/mol. The van der Waals surface area contributed by atoms with E-state index >= 15 is 0 Å². The molecule has 164 valence electrons. The molecule has 3 aromatic rings. The van der Waals surface area contributed by atoms with Crippen LogP contribution in [0.2, 0.25) is 0 Å². The number of anilines is 1. The van der Waals surface area contributed by atoms with Crippen molar-refractivity contribution in [1.29, 1.82) is 0 Å². The summed E-state index contributed by atoms with van der Waals surface area (Å²) in [6.07, 6.45) is 3.35. The summed E-state index contributed by atoms with van der Waals surface area (Å²) >= 11 is 0. The topological polar surface area (TPSA) is 59.5 Å². The second-order valence-electron chi connectivity index (χ2n) is 8.59. The van der Waals surface area contributed by atoms with Crippen molar-refractivity contribution in [2.45, 2.75) is 46.6 Å². The molecule has 0 spiro atoms. The number of pyridine rings is 1. The fourth-order valence-corrected chi connectivity index (χ4v) is 4.26. The second kappa shape index (κ2) is 9.10. The molecule has 0 fully saturated rings. The molecule has 0 N–H and O–H groups in total. The van der Waals surface area contributed by atoms with Crippen LogP contribution >= 0.6 is 0 Å². The van der Waals surface area contributed by atoms with E-state index in [0.29, 0.717) is 17.2 Å². The molecule has 3 rings (SSSR count). The summed E-state index contributed by atoms with van der Waals surface area (Å²) in [7, 11) is -3.49. The lowest BCUT2D eigenvalue weighted by atomic mass is 9.87. The van der Waals surface area contributed by atoms with Gasteiger partial charge in [-0.1, -0.05) is 45.0 Å². The van der Waals surface area contributed by atoms with Gasteiger partial charge in [0.05, 0.1) is 18.0 Å². The minimum atomic E-state index is -3.49. The summed E-state index contributed by atoms with van der Waals surface area (Å²) in [6, 6.07) is 17.2. The number of nitrogens with zero attached hydrogens (tertiary/aromatic N) is 2. The first kappa shape index (κ1) is 22.8. The van der Waals surface area contributed by atoms with E-state index in [4.69, 9.17) is 4.74 Å². The fraction of sp³-hybridized carbons (Fsp3) is 0.320. The third-order valence-corrected chi connectivity index (χ3v) is 6.90. The molecule has 31 heavy (non-hydrogen) atoms. The van der Waals surface area contributed by atoms with Crippen molar-refractivity contribution in [1.82, 2.24) is 4.98 Å². The third kappa shape index (κ3) is 5.64. The Kier molecular flexibility index (Phi) is 6.70. The van der Waals surface area contributed by atoms with Gasteiger partial charge in [-0.15, -0.1) is 0 Å². The molecule has 0 radical (unpaired) electrons. The Morgan fingerprint density at radius 1 is 1.03 bits per heavy atom. The molecule has 0 amide bonds. The van der Waals surface area contributed by atoms with E-state index < -0.39 is 10.0 Å². The van der Waals surface area contributed by atoms with Crippen molar-refractivity contribution < 1.29 is 13.2 Å². The lowest BCUT2D eigenvalue weighted by molar-refractivity contribution is 0.478. The normalized spacial score (nSPS) is 11.9. The highest BCUT2D eigenvalue weighted by atomic mass is 32.2. The van der Waals surface area contributed by atoms with Gasteiger partial charge in [0.25, 0.3) is 0 Å². The van der Waals surface area contributed by atoms with Crippen molar-refractivity contribution in [3.05, 3.63) is 83.7 Å². The number of hydrogen-bond donors (Lipinski definition) is 0. The zero-order valence-electron chi connectivity index (χ0n) is 18.8. The smallest absolute Gasteiger partial charge is 0.235 e. The molecule has 0 unspecified atom stereocenters. The molecule has 0 saturated carbocycles. The Morgan fingerprint density at radius 2 is 1.74 bits per heavy atom. The second-order valence-corrected chi connectivity index (χ2v) is 10.8. The molecule has 0 aliphatic rings. The number of sulfonamides is 1. The van der Waals surface area contributed by atoms with Gasteiger partial charge in [-0.3, -0.25) is 9.29 Å². The van der Waals surface area contributed by atoms with Crippen molar-refractivity contribution in [3.8, 4) is 11.5 Å². The lowest BCUT2D eigenvalue weighted by Gasteiger charge is -2.25. The van der Waals surface area contributed by atoms with Crippen molar-refractivity contribution in [2.24, 2.45) is 0 Å². The summed E-state index contributed by atoms with van der Waals surface area (Å²) in [6.45, 7) is 10.3. The average Bonchev–Trinajstić information content (AvgIpc) is 2.74. The number of ether oxygens (including phenoxy) is 1. The van der Waals surface area contributed by atoms with Crippen LogP contribution in [-0.4, -0.2) is 19.2 Å². The number of aryl methyl sites for hydroxylation is 1. The highest BCUT2D eigenvalue weighted by Gasteiger charge is 2.22. The fourth-order valence-electron chi connectivity index (χ4n) is 3.17. The molecule has 0 atom stereocenters. The van der Waals surface area contributed by atoms with Gasteiger partial charge in [0, 0.05) is 18.5 Å². The minimum absolute atomic E-state index is 0.00555. The largest absolute Gasteiger partial charge is 0.457 e. The molecule has 1 heterocycles. The summed E-state index contributed by atoms with van der Waals surface area (Å²) in [5.41, 5.74) is 3.61. The standard InChI is InChI=1S/C25H30N2O3S/c1-6-31(28,29)27(18-20-8-7-15-26-17-20)22-12-9-19(2)24(16-22)30-23-13-10-21(11-14-23)25(3,4)5/h7-17H,6,18H2,1-5H3. The number of aromatic nitrogens is 1. The third-order valence-electron chi connectivity index (χ3n) is 5.16. The molecule has 0 saturated heterocycles. The minimum Gasteiger partial charge on any atom is -0.457 e. The van der Waals surface area contributed by atoms with Crippen LogP contribution in [0.5, 0.6) is 11.5 Å². The summed E-state index contributed by atoms with van der Waals surface area (Å²) in [5.74, 6) is 1.35. The monoisotopic (exact) mass is 438 g/mol. The molecular formula is C25H30N2O3S. The predicted octanol–water partition coefficient (Wildman–Crippen LogP) is 5.84. The van der Waals surface area contributed by atoms with E-state index in [1.54, 1.807) is 31.5 Å². The first-order valence-corrected chi connectivity index (χ1v) is 12.0. The molecule has 6 heteroatoms. The van der Waals surface area contributed by atoms with E-state index in [-0.39, 0.29) is 17.7 Å². The van der Waals surface area contributed by atoms with Crippen molar-refractivity contribution in [3.63, 3.8) is 0 Å². The van der Waals surface area contributed by atoms with Crippen LogP contribution in [-0.2, 0) is 22.0 Å². The Morgan fingerprint density at radius 3 is 2.32 bits per heavy atom. The molecule has 0 aliphatic heterocycles. The average molecular weight is 439 g/mol. The van der Waals surface area contributed by atoms with Gasteiger partial charge in [-0.25, -0.2) is 8.42 Å². The van der Waals surface area contributed by atoms with Crippen LogP contribution in [0.1, 0.15) is 44.4 Å². The van der Waals surface area contributed by atoms with E-state index in [1.165, 1.54) is 9.87 Å². The van der Waals surface area contributed by atoms with Crippen LogP contribution < -0.4 is 9.04 Å². The highest BCUT2D eigenvalue weighted by Crippen LogP contribution is 2.32. The number of hydrogen-bond acceptors (Lipinski definition) is 4. The van der Waals surface area contributed by atoms with Crippen LogP contribution in [0, 0.1) is 6.92 Å². The molecule has 0 aliphatic carbocycles. The zero-order chi connectivity index (χ0) is 22.6.